The van der Waals surface area contributed by atoms with Gasteiger partial charge >= 0.3 is 0 Å². The summed E-state index contributed by atoms with van der Waals surface area (Å²) >= 11 is 0. The molecule has 1 saturated heterocycles. The van der Waals surface area contributed by atoms with Crippen LogP contribution in [-0.2, 0) is 9.59 Å². The van der Waals surface area contributed by atoms with Crippen molar-refractivity contribution < 1.29 is 19.4 Å². The standard InChI is InChI=1S/C19H20N2O4/c1-10(2)25-14-6-5-13(15(22)8-14)9-20-21-18(23)16-11-3-4-12(7-11)17(16)19(21)24/h3-6,8-12,16-17,22H,7H2,1-2H3/b20-9-/t11-,12-,16-,17-/m0/s1. The Morgan fingerprint density at radius 3 is 2.40 bits per heavy atom. The molecule has 1 aliphatic heterocycles. The molecule has 6 heteroatoms. The van der Waals surface area contributed by atoms with Crippen LogP contribution in [0.2, 0.25) is 0 Å². The summed E-state index contributed by atoms with van der Waals surface area (Å²) in [7, 11) is 0. The maximum absolute atomic E-state index is 12.5. The quantitative estimate of drug-likeness (QED) is 0.518. The van der Waals surface area contributed by atoms with Gasteiger partial charge in [0.05, 0.1) is 24.2 Å². The van der Waals surface area contributed by atoms with Crippen LogP contribution in [0.5, 0.6) is 11.5 Å². The molecule has 1 saturated carbocycles. The zero-order chi connectivity index (χ0) is 17.7. The fraction of sp³-hybridized carbons (Fsp3) is 0.421. The van der Waals surface area contributed by atoms with Crippen LogP contribution in [0.4, 0.5) is 0 Å². The molecule has 4 atom stereocenters. The number of ether oxygens (including phenoxy) is 1. The van der Waals surface area contributed by atoms with Gasteiger partial charge in [0.25, 0.3) is 11.8 Å². The van der Waals surface area contributed by atoms with Gasteiger partial charge in [0, 0.05) is 11.6 Å². The van der Waals surface area contributed by atoms with E-state index in [-0.39, 0.29) is 47.3 Å². The van der Waals surface area contributed by atoms with Gasteiger partial charge in [-0.1, -0.05) is 12.2 Å². The Morgan fingerprint density at radius 2 is 1.84 bits per heavy atom. The summed E-state index contributed by atoms with van der Waals surface area (Å²) < 4.78 is 5.51. The lowest BCUT2D eigenvalue weighted by atomic mass is 9.85. The molecule has 0 unspecified atom stereocenters. The molecule has 6 nitrogen and oxygen atoms in total. The fourth-order valence-electron chi connectivity index (χ4n) is 4.10. The van der Waals surface area contributed by atoms with Crippen LogP contribution in [0.1, 0.15) is 25.8 Å². The third-order valence-corrected chi connectivity index (χ3v) is 5.13. The first kappa shape index (κ1) is 15.9. The summed E-state index contributed by atoms with van der Waals surface area (Å²) in [6.45, 7) is 3.80. The first-order valence-corrected chi connectivity index (χ1v) is 8.55. The number of nitrogens with zero attached hydrogens (tertiary/aromatic N) is 2. The second kappa shape index (κ2) is 5.72. The highest BCUT2D eigenvalue weighted by atomic mass is 16.5. The summed E-state index contributed by atoms with van der Waals surface area (Å²) in [5, 5.41) is 15.1. The number of allylic oxidation sites excluding steroid dienone is 2. The van der Waals surface area contributed by atoms with Crippen molar-refractivity contribution in [2.24, 2.45) is 28.8 Å². The zero-order valence-electron chi connectivity index (χ0n) is 14.1. The average molecular weight is 340 g/mol. The number of amides is 2. The van der Waals surface area contributed by atoms with Gasteiger partial charge in [-0.2, -0.15) is 10.1 Å². The third-order valence-electron chi connectivity index (χ3n) is 5.13. The minimum absolute atomic E-state index is 0.00199. The normalized spacial score (nSPS) is 30.1. The van der Waals surface area contributed by atoms with E-state index in [1.54, 1.807) is 12.1 Å². The van der Waals surface area contributed by atoms with E-state index in [0.717, 1.165) is 11.4 Å². The Morgan fingerprint density at radius 1 is 1.20 bits per heavy atom. The highest BCUT2D eigenvalue weighted by Crippen LogP contribution is 2.52. The molecule has 1 aromatic carbocycles. The Labute approximate surface area is 145 Å². The Bertz CT molecular complexity index is 769. The van der Waals surface area contributed by atoms with E-state index < -0.39 is 0 Å². The molecule has 0 radical (unpaired) electrons. The Balaban J connectivity index is 1.53. The van der Waals surface area contributed by atoms with Crippen molar-refractivity contribution in [3.63, 3.8) is 0 Å². The number of carbonyl (C=O) groups excluding carboxylic acids is 2. The molecular formula is C19H20N2O4. The first-order valence-electron chi connectivity index (χ1n) is 8.55. The lowest BCUT2D eigenvalue weighted by molar-refractivity contribution is -0.140. The van der Waals surface area contributed by atoms with Crippen LogP contribution < -0.4 is 4.74 Å². The molecule has 0 spiro atoms. The summed E-state index contributed by atoms with van der Waals surface area (Å²) in [5.41, 5.74) is 0.426. The van der Waals surface area contributed by atoms with Crippen LogP contribution in [-0.4, -0.2) is 34.2 Å². The molecule has 2 amide bonds. The number of fused-ring (bicyclic) bond motifs is 5. The number of phenols is 1. The van der Waals surface area contributed by atoms with Crippen molar-refractivity contribution in [2.45, 2.75) is 26.4 Å². The lowest BCUT2D eigenvalue weighted by Crippen LogP contribution is -2.28. The van der Waals surface area contributed by atoms with Crippen LogP contribution in [0.25, 0.3) is 0 Å². The highest BCUT2D eigenvalue weighted by molar-refractivity contribution is 6.06. The van der Waals surface area contributed by atoms with Gasteiger partial charge in [0.1, 0.15) is 11.5 Å². The predicted octanol–water partition coefficient (Wildman–Crippen LogP) is 2.32. The molecule has 1 N–H and O–H groups in total. The fourth-order valence-corrected chi connectivity index (χ4v) is 4.10. The summed E-state index contributed by atoms with van der Waals surface area (Å²) in [5.74, 6) is -0.145. The monoisotopic (exact) mass is 340 g/mol. The van der Waals surface area contributed by atoms with Gasteiger partial charge in [-0.25, -0.2) is 0 Å². The SMILES string of the molecule is CC(C)Oc1ccc(/C=N\N2C(=O)[C@@H]3[C@@H](C2=O)[C@H]2C=C[C@H]3C2)c(O)c1. The van der Waals surface area contributed by atoms with Gasteiger partial charge in [0.15, 0.2) is 0 Å². The molecule has 0 aromatic heterocycles. The molecule has 1 heterocycles. The average Bonchev–Trinajstić information content (AvgIpc) is 3.22. The van der Waals surface area contributed by atoms with Crippen molar-refractivity contribution >= 4 is 18.0 Å². The number of benzene rings is 1. The topological polar surface area (TPSA) is 79.2 Å². The number of hydrogen-bond donors (Lipinski definition) is 1. The van der Waals surface area contributed by atoms with E-state index >= 15 is 0 Å². The van der Waals surface area contributed by atoms with Crippen molar-refractivity contribution in [1.82, 2.24) is 5.01 Å². The van der Waals surface area contributed by atoms with Crippen LogP contribution in [0, 0.1) is 23.7 Å². The van der Waals surface area contributed by atoms with Crippen LogP contribution >= 0.6 is 0 Å². The second-order valence-corrected chi connectivity index (χ2v) is 7.12. The third kappa shape index (κ3) is 2.52. The molecule has 2 aliphatic carbocycles. The molecular weight excluding hydrogens is 320 g/mol. The largest absolute Gasteiger partial charge is 0.507 e. The van der Waals surface area contributed by atoms with Gasteiger partial charge in [-0.3, -0.25) is 9.59 Å². The lowest BCUT2D eigenvalue weighted by Gasteiger charge is -2.13. The Hall–Kier alpha value is -2.63. The number of hydrogen-bond acceptors (Lipinski definition) is 5. The Kier molecular flexibility index (Phi) is 3.63. The van der Waals surface area contributed by atoms with E-state index in [1.165, 1.54) is 12.3 Å². The first-order chi connectivity index (χ1) is 12.0. The number of carbonyl (C=O) groups is 2. The van der Waals surface area contributed by atoms with Crippen molar-refractivity contribution in [2.75, 3.05) is 0 Å². The number of hydrazone groups is 1. The van der Waals surface area contributed by atoms with E-state index in [9.17, 15) is 14.7 Å². The second-order valence-electron chi connectivity index (χ2n) is 7.12. The highest BCUT2D eigenvalue weighted by Gasteiger charge is 2.59. The number of phenolic OH excluding ortho intramolecular Hbond substituents is 1. The summed E-state index contributed by atoms with van der Waals surface area (Å²) in [6, 6.07) is 4.86. The van der Waals surface area contributed by atoms with Gasteiger partial charge in [-0.05, 0) is 44.2 Å². The summed E-state index contributed by atoms with van der Waals surface area (Å²) in [4.78, 5) is 25.1. The molecule has 25 heavy (non-hydrogen) atoms. The molecule has 4 rings (SSSR count). The van der Waals surface area contributed by atoms with Gasteiger partial charge < -0.3 is 9.84 Å². The van der Waals surface area contributed by atoms with Crippen LogP contribution in [0.15, 0.2) is 35.5 Å². The van der Waals surface area contributed by atoms with E-state index in [0.29, 0.717) is 11.3 Å². The van der Waals surface area contributed by atoms with E-state index in [2.05, 4.69) is 5.10 Å². The molecule has 3 aliphatic rings. The van der Waals surface area contributed by atoms with Crippen molar-refractivity contribution in [3.8, 4) is 11.5 Å². The van der Waals surface area contributed by atoms with Gasteiger partial charge in [0.2, 0.25) is 0 Å². The minimum Gasteiger partial charge on any atom is -0.507 e. The molecule has 1 aromatic rings. The molecule has 130 valence electrons. The zero-order valence-corrected chi connectivity index (χ0v) is 14.1. The summed E-state index contributed by atoms with van der Waals surface area (Å²) in [6.07, 6.45) is 6.33. The van der Waals surface area contributed by atoms with Crippen LogP contribution in [0.3, 0.4) is 0 Å². The van der Waals surface area contributed by atoms with E-state index in [4.69, 9.17) is 4.74 Å². The minimum atomic E-state index is -0.268. The maximum atomic E-state index is 12.5. The number of imide groups is 1. The number of rotatable bonds is 4. The van der Waals surface area contributed by atoms with Crippen molar-refractivity contribution in [1.29, 1.82) is 0 Å². The van der Waals surface area contributed by atoms with Crippen molar-refractivity contribution in [3.05, 3.63) is 35.9 Å². The smallest absolute Gasteiger partial charge is 0.254 e. The van der Waals surface area contributed by atoms with E-state index in [1.807, 2.05) is 26.0 Å². The molecule has 2 bridgehead atoms. The maximum Gasteiger partial charge on any atom is 0.254 e. The predicted molar refractivity (Wildman–Crippen MR) is 91.0 cm³/mol. The molecule has 2 fully saturated rings. The number of aromatic hydroxyl groups is 1. The van der Waals surface area contributed by atoms with Gasteiger partial charge in [-0.15, -0.1) is 0 Å².